The van der Waals surface area contributed by atoms with Crippen LogP contribution in [-0.2, 0) is 4.79 Å². The number of rotatable bonds is 6. The molecule has 1 heterocycles. The average Bonchev–Trinajstić information content (AvgIpc) is 3.09. The molecule has 3 aromatic rings. The molecule has 0 atom stereocenters. The lowest BCUT2D eigenvalue weighted by Gasteiger charge is -2.11. The Labute approximate surface area is 179 Å². The van der Waals surface area contributed by atoms with Crippen molar-refractivity contribution in [1.29, 1.82) is 0 Å². The molecule has 0 spiro atoms. The van der Waals surface area contributed by atoms with Crippen LogP contribution in [0.25, 0.3) is 11.3 Å². The highest BCUT2D eigenvalue weighted by molar-refractivity contribution is 9.10. The third kappa shape index (κ3) is 5.40. The minimum atomic E-state index is -0.244. The van der Waals surface area contributed by atoms with E-state index in [2.05, 4.69) is 56.0 Å². The second-order valence-corrected chi connectivity index (χ2v) is 8.85. The second-order valence-electron chi connectivity index (χ2n) is 6.23. The number of hydrogen-bond acceptors (Lipinski definition) is 4. The van der Waals surface area contributed by atoms with Gasteiger partial charge in [-0.3, -0.25) is 10.1 Å². The molecule has 140 valence electrons. The van der Waals surface area contributed by atoms with Gasteiger partial charge in [0.05, 0.1) is 10.2 Å². The van der Waals surface area contributed by atoms with Crippen molar-refractivity contribution >= 4 is 54.2 Å². The van der Waals surface area contributed by atoms with Crippen LogP contribution in [0.3, 0.4) is 0 Å². The van der Waals surface area contributed by atoms with Crippen LogP contribution < -0.4 is 10.1 Å². The summed E-state index contributed by atoms with van der Waals surface area (Å²) in [5, 5.41) is 5.25. The molecule has 2 aromatic carbocycles. The second kappa shape index (κ2) is 8.99. The lowest BCUT2D eigenvalue weighted by molar-refractivity contribution is -0.118. The average molecular weight is 510 g/mol. The normalized spacial score (nSPS) is 10.9. The molecule has 0 unspecified atom stereocenters. The number of carbonyl (C=O) groups is 1. The predicted molar refractivity (Wildman–Crippen MR) is 118 cm³/mol. The van der Waals surface area contributed by atoms with Crippen LogP contribution >= 0.6 is 43.2 Å². The van der Waals surface area contributed by atoms with E-state index in [9.17, 15) is 4.79 Å². The first-order chi connectivity index (χ1) is 12.9. The Bertz CT molecular complexity index is 939. The highest BCUT2D eigenvalue weighted by atomic mass is 79.9. The molecule has 1 aromatic heterocycles. The minimum absolute atomic E-state index is 0.0766. The fraction of sp³-hybridized carbons (Fsp3) is 0.200. The summed E-state index contributed by atoms with van der Waals surface area (Å²) in [7, 11) is 0. The lowest BCUT2D eigenvalue weighted by atomic mass is 10.0. The van der Waals surface area contributed by atoms with Crippen LogP contribution in [0.4, 0.5) is 5.13 Å². The molecule has 0 saturated carbocycles. The predicted octanol–water partition coefficient (Wildman–Crippen LogP) is 6.48. The van der Waals surface area contributed by atoms with Crippen LogP contribution in [-0.4, -0.2) is 17.5 Å². The van der Waals surface area contributed by atoms with E-state index in [-0.39, 0.29) is 12.5 Å². The molecule has 4 nitrogen and oxygen atoms in total. The van der Waals surface area contributed by atoms with Gasteiger partial charge in [-0.1, -0.05) is 48.0 Å². The zero-order valence-electron chi connectivity index (χ0n) is 14.8. The molecule has 0 aliphatic carbocycles. The van der Waals surface area contributed by atoms with Gasteiger partial charge in [0.2, 0.25) is 0 Å². The highest BCUT2D eigenvalue weighted by Gasteiger charge is 2.11. The molecule has 1 N–H and O–H groups in total. The van der Waals surface area contributed by atoms with Gasteiger partial charge >= 0.3 is 0 Å². The number of halogens is 2. The summed E-state index contributed by atoms with van der Waals surface area (Å²) in [4.78, 5) is 16.6. The molecule has 27 heavy (non-hydrogen) atoms. The third-order valence-electron chi connectivity index (χ3n) is 3.87. The van der Waals surface area contributed by atoms with Gasteiger partial charge in [0.15, 0.2) is 11.7 Å². The van der Waals surface area contributed by atoms with Gasteiger partial charge in [-0.05, 0) is 51.7 Å². The molecule has 0 bridgehead atoms. The Morgan fingerprint density at radius 3 is 2.59 bits per heavy atom. The SMILES string of the molecule is CC(C)c1ccc(OCC(=O)Nc2nc(-c3ccc(Br)cc3)cs2)c(Br)c1. The Kier molecular flexibility index (Phi) is 6.68. The topological polar surface area (TPSA) is 51.2 Å². The third-order valence-corrected chi connectivity index (χ3v) is 5.78. The molecule has 0 aliphatic rings. The number of carbonyl (C=O) groups excluding carboxylic acids is 1. The number of hydrogen-bond donors (Lipinski definition) is 1. The lowest BCUT2D eigenvalue weighted by Crippen LogP contribution is -2.20. The number of amides is 1. The van der Waals surface area contributed by atoms with Gasteiger partial charge in [-0.25, -0.2) is 4.98 Å². The van der Waals surface area contributed by atoms with Crippen LogP contribution in [0, 0.1) is 0 Å². The van der Waals surface area contributed by atoms with E-state index in [1.807, 2.05) is 47.8 Å². The van der Waals surface area contributed by atoms with Gasteiger partial charge in [0.1, 0.15) is 5.75 Å². The van der Waals surface area contributed by atoms with Crippen molar-refractivity contribution in [3.8, 4) is 17.0 Å². The molecule has 0 aliphatic heterocycles. The summed E-state index contributed by atoms with van der Waals surface area (Å²) in [6, 6.07) is 13.8. The Balaban J connectivity index is 1.58. The van der Waals surface area contributed by atoms with E-state index in [4.69, 9.17) is 4.74 Å². The van der Waals surface area contributed by atoms with Crippen molar-refractivity contribution in [2.24, 2.45) is 0 Å². The largest absolute Gasteiger partial charge is 0.483 e. The minimum Gasteiger partial charge on any atom is -0.483 e. The molecular formula is C20H18Br2N2O2S. The summed E-state index contributed by atoms with van der Waals surface area (Å²) in [6.07, 6.45) is 0. The quantitative estimate of drug-likeness (QED) is 0.414. The molecular weight excluding hydrogens is 492 g/mol. The highest BCUT2D eigenvalue weighted by Crippen LogP contribution is 2.29. The van der Waals surface area contributed by atoms with Crippen LogP contribution in [0.1, 0.15) is 25.3 Å². The van der Waals surface area contributed by atoms with Gasteiger partial charge in [-0.15, -0.1) is 11.3 Å². The number of thiazole rings is 1. The van der Waals surface area contributed by atoms with E-state index < -0.39 is 0 Å². The first-order valence-electron chi connectivity index (χ1n) is 8.36. The van der Waals surface area contributed by atoms with Gasteiger partial charge in [0, 0.05) is 15.4 Å². The van der Waals surface area contributed by atoms with Crippen molar-refractivity contribution in [3.63, 3.8) is 0 Å². The van der Waals surface area contributed by atoms with Crippen molar-refractivity contribution in [2.45, 2.75) is 19.8 Å². The maximum atomic E-state index is 12.2. The molecule has 3 rings (SSSR count). The first-order valence-corrected chi connectivity index (χ1v) is 10.8. The van der Waals surface area contributed by atoms with Gasteiger partial charge < -0.3 is 4.74 Å². The van der Waals surface area contributed by atoms with Crippen molar-refractivity contribution in [2.75, 3.05) is 11.9 Å². The Morgan fingerprint density at radius 2 is 1.93 bits per heavy atom. The van der Waals surface area contributed by atoms with Crippen LogP contribution in [0.15, 0.2) is 56.8 Å². The van der Waals surface area contributed by atoms with Crippen LogP contribution in [0.5, 0.6) is 5.75 Å². The zero-order valence-corrected chi connectivity index (χ0v) is 18.8. The number of ether oxygens (including phenoxy) is 1. The summed E-state index contributed by atoms with van der Waals surface area (Å²) >= 11 is 8.30. The molecule has 0 saturated heterocycles. The van der Waals surface area contributed by atoms with Gasteiger partial charge in [-0.2, -0.15) is 0 Å². The fourth-order valence-electron chi connectivity index (χ4n) is 2.38. The maximum absolute atomic E-state index is 12.2. The van der Waals surface area contributed by atoms with Crippen LogP contribution in [0.2, 0.25) is 0 Å². The number of nitrogens with zero attached hydrogens (tertiary/aromatic N) is 1. The van der Waals surface area contributed by atoms with E-state index in [0.717, 1.165) is 20.2 Å². The fourth-order valence-corrected chi connectivity index (χ4v) is 3.89. The smallest absolute Gasteiger partial charge is 0.264 e. The van der Waals surface area contributed by atoms with E-state index in [0.29, 0.717) is 16.8 Å². The van der Waals surface area contributed by atoms with E-state index >= 15 is 0 Å². The summed E-state index contributed by atoms with van der Waals surface area (Å²) in [5.41, 5.74) is 3.04. The summed E-state index contributed by atoms with van der Waals surface area (Å²) < 4.78 is 7.48. The zero-order chi connectivity index (χ0) is 19.4. The first kappa shape index (κ1) is 20.0. The number of anilines is 1. The van der Waals surface area contributed by atoms with E-state index in [1.54, 1.807) is 0 Å². The number of aromatic nitrogens is 1. The standard InChI is InChI=1S/C20H18Br2N2O2S/c1-12(2)14-5-8-18(16(22)9-14)26-10-19(25)24-20-23-17(11-27-20)13-3-6-15(21)7-4-13/h3-9,11-12H,10H2,1-2H3,(H,23,24,25). The number of benzene rings is 2. The molecule has 0 fully saturated rings. The maximum Gasteiger partial charge on any atom is 0.264 e. The molecule has 1 amide bonds. The van der Waals surface area contributed by atoms with E-state index in [1.165, 1.54) is 16.9 Å². The molecule has 7 heteroatoms. The Hall–Kier alpha value is -1.70. The summed E-state index contributed by atoms with van der Waals surface area (Å²) in [6.45, 7) is 4.19. The van der Waals surface area contributed by atoms with Crippen molar-refractivity contribution in [3.05, 3.63) is 62.4 Å². The molecule has 0 radical (unpaired) electrons. The van der Waals surface area contributed by atoms with Gasteiger partial charge in [0.25, 0.3) is 5.91 Å². The monoisotopic (exact) mass is 508 g/mol. The van der Waals surface area contributed by atoms with Crippen molar-refractivity contribution < 1.29 is 9.53 Å². The Morgan fingerprint density at radius 1 is 1.19 bits per heavy atom. The number of nitrogens with one attached hydrogen (secondary N) is 1. The van der Waals surface area contributed by atoms with Crippen molar-refractivity contribution in [1.82, 2.24) is 4.98 Å². The summed E-state index contributed by atoms with van der Waals surface area (Å²) in [5.74, 6) is 0.833.